The molecule has 0 heterocycles. The summed E-state index contributed by atoms with van der Waals surface area (Å²) in [6.45, 7) is 4.00. The zero-order valence-corrected chi connectivity index (χ0v) is 16.5. The topological polar surface area (TPSA) is 89.8 Å². The number of carbonyl (C=O) groups is 2. The fourth-order valence-electron chi connectivity index (χ4n) is 2.81. The Bertz CT molecular complexity index is 875. The molecule has 0 unspecified atom stereocenters. The van der Waals surface area contributed by atoms with E-state index >= 15 is 0 Å². The Labute approximate surface area is 164 Å². The summed E-state index contributed by atoms with van der Waals surface area (Å²) in [4.78, 5) is 37.1. The van der Waals surface area contributed by atoms with Crippen molar-refractivity contribution in [2.45, 2.75) is 27.0 Å². The molecule has 0 saturated carbocycles. The lowest BCUT2D eigenvalue weighted by atomic mass is 9.98. The minimum absolute atomic E-state index is 0.0606. The van der Waals surface area contributed by atoms with Crippen molar-refractivity contribution < 1.29 is 19.2 Å². The van der Waals surface area contributed by atoms with Crippen LogP contribution in [0.5, 0.6) is 0 Å². The largest absolute Gasteiger partial charge is 0.380 e. The summed E-state index contributed by atoms with van der Waals surface area (Å²) in [5.41, 5.74) is 1.94. The van der Waals surface area contributed by atoms with E-state index in [-0.39, 0.29) is 29.8 Å². The third kappa shape index (κ3) is 5.01. The number of hydrogen-bond donors (Lipinski definition) is 0. The molecule has 0 fully saturated rings. The third-order valence-corrected chi connectivity index (χ3v) is 4.36. The molecule has 2 aromatic rings. The van der Waals surface area contributed by atoms with Gasteiger partial charge in [-0.05, 0) is 23.8 Å². The minimum atomic E-state index is -0.524. The van der Waals surface area contributed by atoms with Gasteiger partial charge in [0.05, 0.1) is 18.1 Å². The summed E-state index contributed by atoms with van der Waals surface area (Å²) in [5.74, 6) is -0.661. The highest BCUT2D eigenvalue weighted by atomic mass is 16.6. The zero-order valence-electron chi connectivity index (χ0n) is 16.5. The first-order valence-corrected chi connectivity index (χ1v) is 8.89. The normalized spacial score (nSPS) is 10.8. The van der Waals surface area contributed by atoms with Crippen molar-refractivity contribution in [3.63, 3.8) is 0 Å². The van der Waals surface area contributed by atoms with Crippen LogP contribution in [0.1, 0.15) is 45.7 Å². The number of ketones is 1. The Morgan fingerprint density at radius 3 is 2.25 bits per heavy atom. The van der Waals surface area contributed by atoms with Gasteiger partial charge in [-0.1, -0.05) is 32.0 Å². The maximum Gasteiger partial charge on any atom is 0.275 e. The van der Waals surface area contributed by atoms with Crippen molar-refractivity contribution in [1.29, 1.82) is 0 Å². The van der Waals surface area contributed by atoms with Crippen LogP contribution in [0.3, 0.4) is 0 Å². The number of methoxy groups -OCH3 is 1. The number of Topliss-reactive ketones (excluding diaryl/α,β-unsaturated/α-hetero) is 1. The van der Waals surface area contributed by atoms with Gasteiger partial charge in [-0.2, -0.15) is 0 Å². The lowest BCUT2D eigenvalue weighted by molar-refractivity contribution is -0.385. The average molecular weight is 384 g/mol. The van der Waals surface area contributed by atoms with E-state index in [0.29, 0.717) is 23.3 Å². The number of hydrogen-bond acceptors (Lipinski definition) is 5. The first-order valence-electron chi connectivity index (χ1n) is 8.89. The van der Waals surface area contributed by atoms with Gasteiger partial charge in [-0.3, -0.25) is 19.7 Å². The van der Waals surface area contributed by atoms with Gasteiger partial charge < -0.3 is 9.64 Å². The molecular formula is C21H24N2O5. The highest BCUT2D eigenvalue weighted by Crippen LogP contribution is 2.24. The molecule has 0 N–H and O–H groups in total. The molecule has 0 bridgehead atoms. The molecule has 0 atom stereocenters. The fraction of sp³-hybridized carbons (Fsp3) is 0.333. The molecule has 28 heavy (non-hydrogen) atoms. The van der Waals surface area contributed by atoms with Gasteiger partial charge >= 0.3 is 0 Å². The number of rotatable bonds is 8. The molecule has 0 radical (unpaired) electrons. The summed E-state index contributed by atoms with van der Waals surface area (Å²) in [7, 11) is 3.18. The number of benzene rings is 2. The van der Waals surface area contributed by atoms with Crippen LogP contribution in [0.25, 0.3) is 0 Å². The van der Waals surface area contributed by atoms with Gasteiger partial charge in [0.2, 0.25) is 0 Å². The lowest BCUT2D eigenvalue weighted by Gasteiger charge is -2.18. The van der Waals surface area contributed by atoms with Gasteiger partial charge in [-0.15, -0.1) is 0 Å². The Balaban J connectivity index is 2.22. The van der Waals surface area contributed by atoms with Crippen LogP contribution >= 0.6 is 0 Å². The second-order valence-electron chi connectivity index (χ2n) is 6.91. The average Bonchev–Trinajstić information content (AvgIpc) is 2.67. The minimum Gasteiger partial charge on any atom is -0.380 e. The van der Waals surface area contributed by atoms with Gasteiger partial charge in [0.1, 0.15) is 0 Å². The predicted octanol–water partition coefficient (Wildman–Crippen LogP) is 3.85. The number of nitro benzene ring substituents is 1. The first kappa shape index (κ1) is 21.2. The van der Waals surface area contributed by atoms with Gasteiger partial charge in [0.15, 0.2) is 5.78 Å². The summed E-state index contributed by atoms with van der Waals surface area (Å²) < 4.78 is 5.05. The second-order valence-corrected chi connectivity index (χ2v) is 6.91. The van der Waals surface area contributed by atoms with Crippen molar-refractivity contribution in [1.82, 2.24) is 4.90 Å². The van der Waals surface area contributed by atoms with E-state index in [1.807, 2.05) is 0 Å². The Hall–Kier alpha value is -3.06. The van der Waals surface area contributed by atoms with Crippen molar-refractivity contribution in [2.75, 3.05) is 14.2 Å². The second kappa shape index (κ2) is 9.23. The molecule has 1 amide bonds. The van der Waals surface area contributed by atoms with Crippen LogP contribution in [-0.2, 0) is 17.9 Å². The summed E-state index contributed by atoms with van der Waals surface area (Å²) in [6.07, 6.45) is 0. The summed E-state index contributed by atoms with van der Waals surface area (Å²) >= 11 is 0. The van der Waals surface area contributed by atoms with Crippen molar-refractivity contribution >= 4 is 17.4 Å². The van der Waals surface area contributed by atoms with E-state index in [9.17, 15) is 19.7 Å². The van der Waals surface area contributed by atoms with Crippen molar-refractivity contribution in [3.05, 3.63) is 74.8 Å². The molecule has 0 aliphatic carbocycles. The number of carbonyl (C=O) groups excluding carboxylic acids is 2. The lowest BCUT2D eigenvalue weighted by Crippen LogP contribution is -2.26. The van der Waals surface area contributed by atoms with Crippen molar-refractivity contribution in [2.24, 2.45) is 5.92 Å². The zero-order chi connectivity index (χ0) is 20.8. The number of ether oxygens (including phenoxy) is 1. The number of amides is 1. The molecule has 7 heteroatoms. The number of nitrogens with zero attached hydrogens (tertiary/aromatic N) is 2. The van der Waals surface area contributed by atoms with Crippen LogP contribution in [0.15, 0.2) is 42.5 Å². The first-order chi connectivity index (χ1) is 13.2. The Kier molecular flexibility index (Phi) is 7.00. The van der Waals surface area contributed by atoms with Gasteiger partial charge in [-0.25, -0.2) is 0 Å². The van der Waals surface area contributed by atoms with Crippen LogP contribution in [-0.4, -0.2) is 35.7 Å². The summed E-state index contributed by atoms with van der Waals surface area (Å²) in [5, 5.41) is 11.5. The SMILES string of the molecule is COCc1ccc(C(=O)N(C)Cc2ccc(C(=O)C(C)C)cc2[N+](=O)[O-])cc1. The summed E-state index contributed by atoms with van der Waals surface area (Å²) in [6, 6.07) is 11.4. The van der Waals surface area contributed by atoms with E-state index in [4.69, 9.17) is 4.74 Å². The monoisotopic (exact) mass is 384 g/mol. The molecule has 2 aromatic carbocycles. The number of nitro groups is 1. The predicted molar refractivity (Wildman–Crippen MR) is 105 cm³/mol. The standard InChI is InChI=1S/C21H24N2O5/c1-14(2)20(24)17-9-10-18(19(11-17)23(26)27)12-22(3)21(25)16-7-5-15(6-8-16)13-28-4/h5-11,14H,12-13H2,1-4H3. The van der Waals surface area contributed by atoms with E-state index in [0.717, 1.165) is 5.56 Å². The van der Waals surface area contributed by atoms with Crippen LogP contribution in [0.2, 0.25) is 0 Å². The van der Waals surface area contributed by atoms with Gasteiger partial charge in [0.25, 0.3) is 11.6 Å². The maximum atomic E-state index is 12.6. The quantitative estimate of drug-likeness (QED) is 0.392. The smallest absolute Gasteiger partial charge is 0.275 e. The molecular weight excluding hydrogens is 360 g/mol. The van der Waals surface area contributed by atoms with Crippen molar-refractivity contribution in [3.8, 4) is 0 Å². The van der Waals surface area contributed by atoms with Crippen LogP contribution < -0.4 is 0 Å². The van der Waals surface area contributed by atoms with E-state index in [1.165, 1.54) is 11.0 Å². The molecule has 0 aromatic heterocycles. The molecule has 0 aliphatic rings. The van der Waals surface area contributed by atoms with Crippen LogP contribution in [0.4, 0.5) is 5.69 Å². The highest BCUT2D eigenvalue weighted by molar-refractivity contribution is 5.98. The maximum absolute atomic E-state index is 12.6. The third-order valence-electron chi connectivity index (χ3n) is 4.36. The fourth-order valence-corrected chi connectivity index (χ4v) is 2.81. The van der Waals surface area contributed by atoms with E-state index < -0.39 is 4.92 Å². The highest BCUT2D eigenvalue weighted by Gasteiger charge is 2.21. The molecule has 0 spiro atoms. The molecule has 2 rings (SSSR count). The van der Waals surface area contributed by atoms with E-state index in [1.54, 1.807) is 64.4 Å². The molecule has 0 aliphatic heterocycles. The van der Waals surface area contributed by atoms with E-state index in [2.05, 4.69) is 0 Å². The van der Waals surface area contributed by atoms with Gasteiger partial charge in [0, 0.05) is 42.8 Å². The Morgan fingerprint density at radius 1 is 1.11 bits per heavy atom. The Morgan fingerprint density at radius 2 is 1.71 bits per heavy atom. The molecule has 7 nitrogen and oxygen atoms in total. The molecule has 0 saturated heterocycles. The molecule has 148 valence electrons. The van der Waals surface area contributed by atoms with Crippen LogP contribution in [0, 0.1) is 16.0 Å².